The van der Waals surface area contributed by atoms with Crippen molar-refractivity contribution in [2.45, 2.75) is 52.0 Å². The summed E-state index contributed by atoms with van der Waals surface area (Å²) in [4.78, 5) is 4.55. The van der Waals surface area contributed by atoms with Crippen molar-refractivity contribution in [3.63, 3.8) is 0 Å². The molecule has 0 aromatic rings. The molecule has 0 radical (unpaired) electrons. The number of aliphatic imine (C=N–C) groups is 1. The molecule has 1 unspecified atom stereocenters. The lowest BCUT2D eigenvalue weighted by molar-refractivity contribution is 0.107. The third-order valence-electron chi connectivity index (χ3n) is 4.04. The van der Waals surface area contributed by atoms with Gasteiger partial charge in [-0.2, -0.15) is 0 Å². The van der Waals surface area contributed by atoms with Gasteiger partial charge in [-0.05, 0) is 38.5 Å². The highest BCUT2D eigenvalue weighted by Gasteiger charge is 2.33. The summed E-state index contributed by atoms with van der Waals surface area (Å²) >= 11 is 0. The number of nitrogens with one attached hydrogen (secondary N) is 1. The molecule has 1 aliphatic rings. The average molecular weight is 285 g/mol. The van der Waals surface area contributed by atoms with Crippen LogP contribution in [-0.4, -0.2) is 45.5 Å². The fourth-order valence-electron chi connectivity index (χ4n) is 2.89. The molecule has 1 fully saturated rings. The molecule has 0 aliphatic heterocycles. The van der Waals surface area contributed by atoms with Crippen LogP contribution in [0.2, 0.25) is 0 Å². The third kappa shape index (κ3) is 6.09. The third-order valence-corrected chi connectivity index (χ3v) is 4.04. The number of rotatable bonds is 9. The number of hydrogen-bond acceptors (Lipinski definition) is 3. The Morgan fingerprint density at radius 3 is 2.70 bits per heavy atom. The number of guanidine groups is 1. The fraction of sp³-hybridized carbons (Fsp3) is 0.933. The Labute approximate surface area is 123 Å². The minimum Gasteiger partial charge on any atom is -0.383 e. The average Bonchev–Trinajstić information content (AvgIpc) is 2.86. The van der Waals surface area contributed by atoms with E-state index in [4.69, 9.17) is 15.2 Å². The van der Waals surface area contributed by atoms with Gasteiger partial charge in [0.1, 0.15) is 0 Å². The maximum Gasteiger partial charge on any atom is 0.188 e. The quantitative estimate of drug-likeness (QED) is 0.386. The lowest BCUT2D eigenvalue weighted by Crippen LogP contribution is -2.41. The van der Waals surface area contributed by atoms with E-state index >= 15 is 0 Å². The van der Waals surface area contributed by atoms with E-state index in [0.29, 0.717) is 18.0 Å². The second kappa shape index (κ2) is 9.19. The van der Waals surface area contributed by atoms with E-state index in [0.717, 1.165) is 26.2 Å². The van der Waals surface area contributed by atoms with Crippen LogP contribution in [0.3, 0.4) is 0 Å². The highest BCUT2D eigenvalue weighted by Crippen LogP contribution is 2.41. The predicted molar refractivity (Wildman–Crippen MR) is 83.0 cm³/mol. The first-order valence-corrected chi connectivity index (χ1v) is 7.75. The molecule has 0 saturated heterocycles. The molecule has 1 aliphatic carbocycles. The standard InChI is InChI=1S/C15H31N3O2/c1-4-20-10-9-15(7-5-6-8-15)12-17-14(16)18-13(2)11-19-3/h13H,4-12H2,1-3H3,(H3,16,17,18). The molecule has 5 heteroatoms. The Kier molecular flexibility index (Phi) is 7.92. The Hall–Kier alpha value is -0.810. The number of methoxy groups -OCH3 is 1. The Morgan fingerprint density at radius 1 is 1.40 bits per heavy atom. The van der Waals surface area contributed by atoms with Crippen LogP contribution in [0.4, 0.5) is 0 Å². The minimum absolute atomic E-state index is 0.187. The van der Waals surface area contributed by atoms with E-state index in [9.17, 15) is 0 Å². The maximum atomic E-state index is 5.95. The molecule has 0 bridgehead atoms. The van der Waals surface area contributed by atoms with E-state index in [-0.39, 0.29) is 6.04 Å². The minimum atomic E-state index is 0.187. The summed E-state index contributed by atoms with van der Waals surface area (Å²) in [5, 5.41) is 3.16. The molecular weight excluding hydrogens is 254 g/mol. The van der Waals surface area contributed by atoms with Crippen molar-refractivity contribution in [2.24, 2.45) is 16.1 Å². The summed E-state index contributed by atoms with van der Waals surface area (Å²) in [7, 11) is 1.69. The highest BCUT2D eigenvalue weighted by molar-refractivity contribution is 5.78. The molecule has 0 spiro atoms. The van der Waals surface area contributed by atoms with Crippen molar-refractivity contribution in [2.75, 3.05) is 33.5 Å². The predicted octanol–water partition coefficient (Wildman–Crippen LogP) is 1.91. The van der Waals surface area contributed by atoms with Crippen LogP contribution in [0.25, 0.3) is 0 Å². The highest BCUT2D eigenvalue weighted by atomic mass is 16.5. The lowest BCUT2D eigenvalue weighted by Gasteiger charge is -2.27. The van der Waals surface area contributed by atoms with E-state index in [2.05, 4.69) is 10.3 Å². The van der Waals surface area contributed by atoms with Crippen LogP contribution in [-0.2, 0) is 9.47 Å². The molecule has 1 saturated carbocycles. The van der Waals surface area contributed by atoms with Crippen molar-refractivity contribution in [3.8, 4) is 0 Å². The number of hydrogen-bond donors (Lipinski definition) is 2. The molecule has 0 heterocycles. The van der Waals surface area contributed by atoms with Crippen LogP contribution in [0.5, 0.6) is 0 Å². The summed E-state index contributed by atoms with van der Waals surface area (Å²) in [5.41, 5.74) is 6.25. The van der Waals surface area contributed by atoms with Gasteiger partial charge in [0.2, 0.25) is 0 Å². The lowest BCUT2D eigenvalue weighted by atomic mass is 9.83. The van der Waals surface area contributed by atoms with Gasteiger partial charge in [0.05, 0.1) is 6.61 Å². The molecule has 0 aromatic heterocycles. The first-order chi connectivity index (χ1) is 9.62. The van der Waals surface area contributed by atoms with Gasteiger partial charge in [0, 0.05) is 32.9 Å². The first kappa shape index (κ1) is 17.2. The number of nitrogens with zero attached hydrogens (tertiary/aromatic N) is 1. The molecule has 5 nitrogen and oxygen atoms in total. The topological polar surface area (TPSA) is 68.9 Å². The molecule has 3 N–H and O–H groups in total. The first-order valence-electron chi connectivity index (χ1n) is 7.75. The molecule has 1 atom stereocenters. The smallest absolute Gasteiger partial charge is 0.188 e. The van der Waals surface area contributed by atoms with Gasteiger partial charge in [-0.15, -0.1) is 0 Å². The van der Waals surface area contributed by atoms with Crippen LogP contribution in [0.15, 0.2) is 4.99 Å². The zero-order valence-electron chi connectivity index (χ0n) is 13.3. The summed E-state index contributed by atoms with van der Waals surface area (Å²) in [6, 6.07) is 0.187. The fourth-order valence-corrected chi connectivity index (χ4v) is 2.89. The normalized spacial score (nSPS) is 20.1. The van der Waals surface area contributed by atoms with E-state index in [1.54, 1.807) is 7.11 Å². The number of ether oxygens (including phenoxy) is 2. The van der Waals surface area contributed by atoms with Crippen molar-refractivity contribution < 1.29 is 9.47 Å². The Bertz CT molecular complexity index is 289. The summed E-state index contributed by atoms with van der Waals surface area (Å²) < 4.78 is 10.6. The van der Waals surface area contributed by atoms with Crippen LogP contribution in [0, 0.1) is 5.41 Å². The van der Waals surface area contributed by atoms with Gasteiger partial charge in [0.15, 0.2) is 5.96 Å². The maximum absolute atomic E-state index is 5.95. The van der Waals surface area contributed by atoms with E-state index in [1.165, 1.54) is 25.7 Å². The molecule has 0 amide bonds. The van der Waals surface area contributed by atoms with Gasteiger partial charge in [-0.1, -0.05) is 12.8 Å². The van der Waals surface area contributed by atoms with Gasteiger partial charge >= 0.3 is 0 Å². The molecule has 1 rings (SSSR count). The number of nitrogens with two attached hydrogens (primary N) is 1. The zero-order valence-corrected chi connectivity index (χ0v) is 13.3. The Morgan fingerprint density at radius 2 is 2.10 bits per heavy atom. The van der Waals surface area contributed by atoms with Crippen LogP contribution < -0.4 is 11.1 Å². The summed E-state index contributed by atoms with van der Waals surface area (Å²) in [6.45, 7) is 7.13. The molecule has 0 aromatic carbocycles. The van der Waals surface area contributed by atoms with Crippen molar-refractivity contribution in [1.82, 2.24) is 5.32 Å². The van der Waals surface area contributed by atoms with Crippen molar-refractivity contribution in [3.05, 3.63) is 0 Å². The second-order valence-corrected chi connectivity index (χ2v) is 5.86. The summed E-state index contributed by atoms with van der Waals surface area (Å²) in [6.07, 6.45) is 6.17. The zero-order chi connectivity index (χ0) is 14.8. The van der Waals surface area contributed by atoms with Gasteiger partial charge in [0.25, 0.3) is 0 Å². The Balaban J connectivity index is 2.44. The monoisotopic (exact) mass is 285 g/mol. The van der Waals surface area contributed by atoms with Crippen molar-refractivity contribution >= 4 is 5.96 Å². The molecule has 20 heavy (non-hydrogen) atoms. The van der Waals surface area contributed by atoms with Gasteiger partial charge in [-0.25, -0.2) is 0 Å². The molecular formula is C15H31N3O2. The second-order valence-electron chi connectivity index (χ2n) is 5.86. The van der Waals surface area contributed by atoms with Crippen LogP contribution in [0.1, 0.15) is 46.0 Å². The molecule has 118 valence electrons. The van der Waals surface area contributed by atoms with Crippen LogP contribution >= 0.6 is 0 Å². The van der Waals surface area contributed by atoms with E-state index in [1.807, 2.05) is 13.8 Å². The van der Waals surface area contributed by atoms with Gasteiger partial charge in [-0.3, -0.25) is 4.99 Å². The van der Waals surface area contributed by atoms with Gasteiger partial charge < -0.3 is 20.5 Å². The van der Waals surface area contributed by atoms with Crippen molar-refractivity contribution in [1.29, 1.82) is 0 Å². The van der Waals surface area contributed by atoms with E-state index < -0.39 is 0 Å². The SMILES string of the molecule is CCOCCC1(CN=C(N)NC(C)COC)CCCC1. The summed E-state index contributed by atoms with van der Waals surface area (Å²) in [5.74, 6) is 0.525. The largest absolute Gasteiger partial charge is 0.383 e.